The maximum absolute atomic E-state index is 11.9. The van der Waals surface area contributed by atoms with Gasteiger partial charge in [-0.1, -0.05) is 25.9 Å². The van der Waals surface area contributed by atoms with Crippen LogP contribution in [0.4, 0.5) is 0 Å². The number of hydrogen-bond donors (Lipinski definition) is 3. The Balaban J connectivity index is 2.57. The topological polar surface area (TPSA) is 87.7 Å². The van der Waals surface area contributed by atoms with Crippen LogP contribution in [0.15, 0.2) is 5.16 Å². The second-order valence-corrected chi connectivity index (χ2v) is 4.88. The lowest BCUT2D eigenvalue weighted by atomic mass is 10.0. The van der Waals surface area contributed by atoms with Crippen molar-refractivity contribution >= 4 is 11.7 Å². The van der Waals surface area contributed by atoms with E-state index in [1.165, 1.54) is 0 Å². The number of amidine groups is 1. The van der Waals surface area contributed by atoms with Gasteiger partial charge in [0.25, 0.3) is 0 Å². The van der Waals surface area contributed by atoms with E-state index in [2.05, 4.69) is 10.5 Å². The Hall–Kier alpha value is -1.26. The Bertz CT molecular complexity index is 285. The Kier molecular flexibility index (Phi) is 4.15. The van der Waals surface area contributed by atoms with Crippen LogP contribution < -0.4 is 11.1 Å². The average Bonchev–Trinajstić information content (AvgIpc) is 3.06. The number of nitrogens with two attached hydrogens (primary N) is 1. The first-order valence-corrected chi connectivity index (χ1v) is 5.75. The molecule has 1 aliphatic carbocycles. The maximum atomic E-state index is 11.9. The van der Waals surface area contributed by atoms with Gasteiger partial charge in [-0.3, -0.25) is 4.79 Å². The molecule has 1 aliphatic rings. The summed E-state index contributed by atoms with van der Waals surface area (Å²) in [5.41, 5.74) is 5.54. The molecule has 0 aromatic heterocycles. The Morgan fingerprint density at radius 1 is 1.44 bits per heavy atom. The molecule has 2 atom stereocenters. The van der Waals surface area contributed by atoms with Gasteiger partial charge in [0.05, 0.1) is 6.04 Å². The molecular weight excluding hydrogens is 206 g/mol. The molecule has 0 heterocycles. The summed E-state index contributed by atoms with van der Waals surface area (Å²) in [5, 5.41) is 14.4. The van der Waals surface area contributed by atoms with Gasteiger partial charge in [-0.05, 0) is 24.7 Å². The summed E-state index contributed by atoms with van der Waals surface area (Å²) in [7, 11) is 0. The third kappa shape index (κ3) is 3.12. The second-order valence-electron chi connectivity index (χ2n) is 4.88. The normalized spacial score (nSPS) is 20.6. The van der Waals surface area contributed by atoms with Gasteiger partial charge in [0.15, 0.2) is 5.84 Å². The van der Waals surface area contributed by atoms with Gasteiger partial charge >= 0.3 is 0 Å². The van der Waals surface area contributed by atoms with E-state index < -0.39 is 6.04 Å². The minimum Gasteiger partial charge on any atom is -0.409 e. The number of hydrogen-bond acceptors (Lipinski definition) is 3. The molecule has 1 amide bonds. The van der Waals surface area contributed by atoms with Crippen LogP contribution in [-0.4, -0.2) is 23.0 Å². The lowest BCUT2D eigenvalue weighted by Gasteiger charge is -2.22. The van der Waals surface area contributed by atoms with Gasteiger partial charge in [-0.15, -0.1) is 0 Å². The van der Waals surface area contributed by atoms with E-state index in [1.54, 1.807) is 0 Å². The fourth-order valence-electron chi connectivity index (χ4n) is 1.74. The molecule has 1 saturated carbocycles. The molecule has 0 aromatic carbocycles. The van der Waals surface area contributed by atoms with Crippen molar-refractivity contribution < 1.29 is 10.0 Å². The first-order valence-electron chi connectivity index (χ1n) is 5.75. The minimum absolute atomic E-state index is 0.00667. The van der Waals surface area contributed by atoms with E-state index in [1.807, 2.05) is 20.8 Å². The Labute approximate surface area is 96.1 Å². The summed E-state index contributed by atoms with van der Waals surface area (Å²) in [6.45, 7) is 5.77. The molecule has 0 bridgehead atoms. The van der Waals surface area contributed by atoms with E-state index in [0.29, 0.717) is 5.92 Å². The SMILES string of the molecule is CC(C)C(NC(=O)C(C)C1CC1)C(N)=NO. The molecule has 5 heteroatoms. The number of carbonyl (C=O) groups is 1. The molecule has 1 rings (SSSR count). The summed E-state index contributed by atoms with van der Waals surface area (Å²) >= 11 is 0. The first-order chi connectivity index (χ1) is 7.47. The van der Waals surface area contributed by atoms with Gasteiger partial charge in [0.2, 0.25) is 5.91 Å². The number of rotatable bonds is 5. The molecule has 2 unspecified atom stereocenters. The van der Waals surface area contributed by atoms with E-state index >= 15 is 0 Å². The highest BCUT2D eigenvalue weighted by atomic mass is 16.4. The monoisotopic (exact) mass is 227 g/mol. The first kappa shape index (κ1) is 12.8. The number of amides is 1. The standard InChI is InChI=1S/C11H21N3O2/c1-6(2)9(10(12)14-16)13-11(15)7(3)8-4-5-8/h6-9,16H,4-5H2,1-3H3,(H2,12,14)(H,13,15). The maximum Gasteiger partial charge on any atom is 0.223 e. The molecular formula is C11H21N3O2. The zero-order valence-corrected chi connectivity index (χ0v) is 10.1. The molecule has 0 aliphatic heterocycles. The quantitative estimate of drug-likeness (QED) is 0.282. The van der Waals surface area contributed by atoms with Crippen LogP contribution >= 0.6 is 0 Å². The van der Waals surface area contributed by atoms with Crippen molar-refractivity contribution in [3.63, 3.8) is 0 Å². The lowest BCUT2D eigenvalue weighted by molar-refractivity contribution is -0.125. The third-order valence-electron chi connectivity index (χ3n) is 3.14. The zero-order chi connectivity index (χ0) is 12.3. The Morgan fingerprint density at radius 2 is 2.00 bits per heavy atom. The van der Waals surface area contributed by atoms with Crippen molar-refractivity contribution in [2.75, 3.05) is 0 Å². The third-order valence-corrected chi connectivity index (χ3v) is 3.14. The number of nitrogens with zero attached hydrogens (tertiary/aromatic N) is 1. The molecule has 16 heavy (non-hydrogen) atoms. The highest BCUT2D eigenvalue weighted by Crippen LogP contribution is 2.36. The summed E-state index contributed by atoms with van der Waals surface area (Å²) in [6, 6.07) is -0.390. The summed E-state index contributed by atoms with van der Waals surface area (Å²) in [4.78, 5) is 11.9. The predicted molar refractivity (Wildman–Crippen MR) is 62.1 cm³/mol. The lowest BCUT2D eigenvalue weighted by Crippen LogP contribution is -2.49. The van der Waals surface area contributed by atoms with Gasteiger partial charge in [0.1, 0.15) is 0 Å². The molecule has 0 radical (unpaired) electrons. The van der Waals surface area contributed by atoms with Crippen LogP contribution in [0.2, 0.25) is 0 Å². The predicted octanol–water partition coefficient (Wildman–Crippen LogP) is 0.920. The largest absolute Gasteiger partial charge is 0.409 e. The van der Waals surface area contributed by atoms with E-state index in [0.717, 1.165) is 12.8 Å². The van der Waals surface area contributed by atoms with Crippen LogP contribution in [-0.2, 0) is 4.79 Å². The molecule has 0 aromatic rings. The van der Waals surface area contributed by atoms with Crippen molar-refractivity contribution in [2.24, 2.45) is 28.6 Å². The summed E-state index contributed by atoms with van der Waals surface area (Å²) < 4.78 is 0. The highest BCUT2D eigenvalue weighted by molar-refractivity contribution is 5.90. The van der Waals surface area contributed by atoms with Crippen molar-refractivity contribution in [1.82, 2.24) is 5.32 Å². The van der Waals surface area contributed by atoms with Gasteiger partial charge < -0.3 is 16.3 Å². The van der Waals surface area contributed by atoms with E-state index in [4.69, 9.17) is 10.9 Å². The molecule has 92 valence electrons. The van der Waals surface area contributed by atoms with Crippen molar-refractivity contribution in [3.05, 3.63) is 0 Å². The molecule has 0 saturated heterocycles. The molecule has 5 nitrogen and oxygen atoms in total. The number of carbonyl (C=O) groups excluding carboxylic acids is 1. The van der Waals surface area contributed by atoms with Crippen LogP contribution in [0.3, 0.4) is 0 Å². The second kappa shape index (κ2) is 5.18. The summed E-state index contributed by atoms with van der Waals surface area (Å²) in [5.74, 6) is 0.693. The van der Waals surface area contributed by atoms with Crippen LogP contribution in [0, 0.1) is 17.8 Å². The van der Waals surface area contributed by atoms with Gasteiger partial charge in [0, 0.05) is 5.92 Å². The van der Waals surface area contributed by atoms with Crippen LogP contribution in [0.25, 0.3) is 0 Å². The number of oxime groups is 1. The average molecular weight is 227 g/mol. The smallest absolute Gasteiger partial charge is 0.223 e. The van der Waals surface area contributed by atoms with Crippen molar-refractivity contribution in [1.29, 1.82) is 0 Å². The van der Waals surface area contributed by atoms with Gasteiger partial charge in [-0.25, -0.2) is 0 Å². The van der Waals surface area contributed by atoms with Gasteiger partial charge in [-0.2, -0.15) is 0 Å². The minimum atomic E-state index is -0.390. The highest BCUT2D eigenvalue weighted by Gasteiger charge is 2.34. The Morgan fingerprint density at radius 3 is 2.38 bits per heavy atom. The fraction of sp³-hybridized carbons (Fsp3) is 0.818. The van der Waals surface area contributed by atoms with Crippen LogP contribution in [0.5, 0.6) is 0 Å². The van der Waals surface area contributed by atoms with E-state index in [-0.39, 0.29) is 23.6 Å². The summed E-state index contributed by atoms with van der Waals surface area (Å²) in [6.07, 6.45) is 2.26. The molecule has 4 N–H and O–H groups in total. The molecule has 0 spiro atoms. The van der Waals surface area contributed by atoms with Crippen molar-refractivity contribution in [2.45, 2.75) is 39.7 Å². The zero-order valence-electron chi connectivity index (χ0n) is 10.1. The van der Waals surface area contributed by atoms with Crippen molar-refractivity contribution in [3.8, 4) is 0 Å². The van der Waals surface area contributed by atoms with Crippen LogP contribution in [0.1, 0.15) is 33.6 Å². The fourth-order valence-corrected chi connectivity index (χ4v) is 1.74. The molecule has 1 fully saturated rings. The number of nitrogens with one attached hydrogen (secondary N) is 1. The van der Waals surface area contributed by atoms with E-state index in [9.17, 15) is 4.79 Å².